The van der Waals surface area contributed by atoms with Crippen molar-refractivity contribution < 1.29 is 33.3 Å². The van der Waals surface area contributed by atoms with E-state index >= 15 is 0 Å². The van der Waals surface area contributed by atoms with Crippen molar-refractivity contribution in [2.75, 3.05) is 26.4 Å². The van der Waals surface area contributed by atoms with Gasteiger partial charge in [0.1, 0.15) is 37.4 Å². The van der Waals surface area contributed by atoms with Crippen molar-refractivity contribution in [1.29, 1.82) is 0 Å². The van der Waals surface area contributed by atoms with Crippen LogP contribution in [0.1, 0.15) is 24.2 Å². The summed E-state index contributed by atoms with van der Waals surface area (Å²) in [6.45, 7) is 4.53. The second kappa shape index (κ2) is 10.0. The van der Waals surface area contributed by atoms with Crippen molar-refractivity contribution in [2.24, 2.45) is 0 Å². The van der Waals surface area contributed by atoms with E-state index in [1.807, 2.05) is 36.4 Å². The third-order valence-corrected chi connectivity index (χ3v) is 5.11. The summed E-state index contributed by atoms with van der Waals surface area (Å²) in [5, 5.41) is 2.27. The molecule has 1 heterocycles. The summed E-state index contributed by atoms with van der Waals surface area (Å²) >= 11 is 0. The van der Waals surface area contributed by atoms with Crippen molar-refractivity contribution in [3.8, 4) is 11.5 Å². The van der Waals surface area contributed by atoms with Crippen LogP contribution in [0.3, 0.4) is 0 Å². The highest BCUT2D eigenvalue weighted by molar-refractivity contribution is 6.40. The molecular formula is C26H26O7. The molecule has 0 bridgehead atoms. The minimum Gasteiger partial charge on any atom is -0.490 e. The molecule has 0 N–H and O–H groups in total. The average Bonchev–Trinajstić information content (AvgIpc) is 3.18. The molecule has 172 valence electrons. The number of Topliss-reactive ketones (excluding diaryl/α,β-unsaturated/α-hetero) is 1. The maximum absolute atomic E-state index is 12.3. The van der Waals surface area contributed by atoms with Crippen molar-refractivity contribution in [3.05, 3.63) is 72.3 Å². The first-order chi connectivity index (χ1) is 15.9. The Kier molecular flexibility index (Phi) is 6.91. The van der Waals surface area contributed by atoms with Crippen molar-refractivity contribution >= 4 is 22.5 Å². The largest absolute Gasteiger partial charge is 0.490 e. The van der Waals surface area contributed by atoms with Crippen molar-refractivity contribution in [3.63, 3.8) is 0 Å². The van der Waals surface area contributed by atoms with Crippen LogP contribution in [-0.4, -0.2) is 50.1 Å². The predicted molar refractivity (Wildman–Crippen MR) is 122 cm³/mol. The summed E-state index contributed by atoms with van der Waals surface area (Å²) in [5.41, 5.74) is 0.226. The lowest BCUT2D eigenvalue weighted by atomic mass is 10.1. The van der Waals surface area contributed by atoms with Crippen LogP contribution in [0.5, 0.6) is 11.5 Å². The van der Waals surface area contributed by atoms with Gasteiger partial charge in [0.2, 0.25) is 0 Å². The summed E-state index contributed by atoms with van der Waals surface area (Å²) in [5.74, 6) is -1.02. The second-order valence-corrected chi connectivity index (χ2v) is 8.11. The van der Waals surface area contributed by atoms with Gasteiger partial charge in [-0.1, -0.05) is 30.3 Å². The Morgan fingerprint density at radius 1 is 0.909 bits per heavy atom. The Hall–Kier alpha value is -3.42. The first-order valence-electron chi connectivity index (χ1n) is 10.8. The molecule has 1 atom stereocenters. The van der Waals surface area contributed by atoms with Crippen molar-refractivity contribution in [2.45, 2.75) is 25.7 Å². The number of rotatable bonds is 9. The summed E-state index contributed by atoms with van der Waals surface area (Å²) < 4.78 is 27.4. The molecule has 1 saturated heterocycles. The first kappa shape index (κ1) is 22.8. The zero-order valence-corrected chi connectivity index (χ0v) is 18.6. The van der Waals surface area contributed by atoms with Gasteiger partial charge in [0.25, 0.3) is 5.78 Å². The fraction of sp³-hybridized carbons (Fsp3) is 0.308. The third kappa shape index (κ3) is 6.09. The van der Waals surface area contributed by atoms with Crippen LogP contribution in [0.15, 0.2) is 66.7 Å². The van der Waals surface area contributed by atoms with Gasteiger partial charge in [-0.25, -0.2) is 4.79 Å². The number of hydrogen-bond donors (Lipinski definition) is 0. The van der Waals surface area contributed by atoms with Gasteiger partial charge in [0.15, 0.2) is 5.79 Å². The van der Waals surface area contributed by atoms with Crippen LogP contribution in [0.25, 0.3) is 10.8 Å². The Morgan fingerprint density at radius 3 is 2.27 bits per heavy atom. The summed E-state index contributed by atoms with van der Waals surface area (Å²) in [7, 11) is 0. The monoisotopic (exact) mass is 450 g/mol. The molecule has 3 aromatic rings. The molecule has 0 aliphatic carbocycles. The number of ketones is 1. The van der Waals surface area contributed by atoms with Crippen LogP contribution >= 0.6 is 0 Å². The smallest absolute Gasteiger partial charge is 0.379 e. The fourth-order valence-corrected chi connectivity index (χ4v) is 3.48. The fourth-order valence-electron chi connectivity index (χ4n) is 3.48. The van der Waals surface area contributed by atoms with Gasteiger partial charge in [0, 0.05) is 5.56 Å². The van der Waals surface area contributed by atoms with Crippen LogP contribution in [-0.2, 0) is 19.0 Å². The summed E-state index contributed by atoms with van der Waals surface area (Å²) in [4.78, 5) is 24.3. The number of fused-ring (bicyclic) bond motifs is 1. The lowest BCUT2D eigenvalue weighted by Gasteiger charge is -2.16. The Bertz CT molecular complexity index is 1120. The molecule has 4 rings (SSSR count). The van der Waals surface area contributed by atoms with E-state index < -0.39 is 17.5 Å². The van der Waals surface area contributed by atoms with Crippen LogP contribution in [0.4, 0.5) is 0 Å². The molecule has 7 heteroatoms. The molecule has 0 amide bonds. The molecule has 3 aromatic carbocycles. The van der Waals surface area contributed by atoms with Crippen LogP contribution < -0.4 is 9.47 Å². The van der Waals surface area contributed by atoms with E-state index in [2.05, 4.69) is 6.07 Å². The molecule has 1 aliphatic rings. The van der Waals surface area contributed by atoms with E-state index in [0.29, 0.717) is 25.6 Å². The Labute approximate surface area is 192 Å². The average molecular weight is 450 g/mol. The van der Waals surface area contributed by atoms with Gasteiger partial charge in [-0.3, -0.25) is 4.79 Å². The van der Waals surface area contributed by atoms with Gasteiger partial charge in [-0.15, -0.1) is 0 Å². The van der Waals surface area contributed by atoms with Gasteiger partial charge in [-0.05, 0) is 61.0 Å². The molecule has 1 fully saturated rings. The number of ether oxygens (including phenoxy) is 5. The number of carbonyl (C=O) groups is 2. The zero-order chi connectivity index (χ0) is 23.3. The highest BCUT2D eigenvalue weighted by Crippen LogP contribution is 2.23. The molecular weight excluding hydrogens is 424 g/mol. The standard InChI is InChI=1S/C26H26O7/c1-26(2)32-17-23(33-26)16-31-25(28)24(27)19-8-10-21(11-9-19)29-13-14-30-22-12-7-18-5-3-4-6-20(18)15-22/h3-12,15,23H,13-14,16-17H2,1-2H3. The zero-order valence-electron chi connectivity index (χ0n) is 18.6. The van der Waals surface area contributed by atoms with E-state index in [-0.39, 0.29) is 18.3 Å². The van der Waals surface area contributed by atoms with Crippen LogP contribution in [0, 0.1) is 0 Å². The maximum Gasteiger partial charge on any atom is 0.379 e. The Morgan fingerprint density at radius 2 is 1.58 bits per heavy atom. The molecule has 0 aromatic heterocycles. The minimum atomic E-state index is -0.930. The first-order valence-corrected chi connectivity index (χ1v) is 10.8. The van der Waals surface area contributed by atoms with Gasteiger partial charge >= 0.3 is 5.97 Å². The number of benzene rings is 3. The topological polar surface area (TPSA) is 80.3 Å². The minimum absolute atomic E-state index is 0.0353. The lowest BCUT2D eigenvalue weighted by Crippen LogP contribution is -2.27. The molecule has 33 heavy (non-hydrogen) atoms. The number of esters is 1. The van der Waals surface area contributed by atoms with Crippen molar-refractivity contribution in [1.82, 2.24) is 0 Å². The normalized spacial score (nSPS) is 17.0. The third-order valence-electron chi connectivity index (χ3n) is 5.11. The molecule has 1 unspecified atom stereocenters. The predicted octanol–water partition coefficient (Wildman–Crippen LogP) is 4.18. The Balaban J connectivity index is 1.20. The molecule has 1 aliphatic heterocycles. The van der Waals surface area contributed by atoms with E-state index in [1.54, 1.807) is 26.0 Å². The van der Waals surface area contributed by atoms with Gasteiger partial charge < -0.3 is 23.7 Å². The molecule has 7 nitrogen and oxygen atoms in total. The van der Waals surface area contributed by atoms with E-state index in [1.165, 1.54) is 12.1 Å². The number of carbonyl (C=O) groups excluding carboxylic acids is 2. The van der Waals surface area contributed by atoms with E-state index in [9.17, 15) is 9.59 Å². The SMILES string of the molecule is CC1(C)OCC(COC(=O)C(=O)c2ccc(OCCOc3ccc4ccccc4c3)cc2)O1. The molecule has 0 saturated carbocycles. The van der Waals surface area contributed by atoms with E-state index in [4.69, 9.17) is 23.7 Å². The highest BCUT2D eigenvalue weighted by Gasteiger charge is 2.33. The highest BCUT2D eigenvalue weighted by atomic mass is 16.7. The van der Waals surface area contributed by atoms with Crippen LogP contribution in [0.2, 0.25) is 0 Å². The summed E-state index contributed by atoms with van der Waals surface area (Å²) in [6.07, 6.45) is -0.385. The number of hydrogen-bond acceptors (Lipinski definition) is 7. The lowest BCUT2D eigenvalue weighted by molar-refractivity contribution is -0.154. The van der Waals surface area contributed by atoms with Gasteiger partial charge in [0.05, 0.1) is 6.61 Å². The molecule has 0 spiro atoms. The second-order valence-electron chi connectivity index (χ2n) is 8.11. The summed E-state index contributed by atoms with van der Waals surface area (Å²) in [6, 6.07) is 20.3. The molecule has 0 radical (unpaired) electrons. The maximum atomic E-state index is 12.3. The quantitative estimate of drug-likeness (QED) is 0.209. The van der Waals surface area contributed by atoms with Gasteiger partial charge in [-0.2, -0.15) is 0 Å². The van der Waals surface area contributed by atoms with E-state index in [0.717, 1.165) is 16.5 Å².